The van der Waals surface area contributed by atoms with E-state index in [2.05, 4.69) is 0 Å². The molecule has 1 amide bonds. The summed E-state index contributed by atoms with van der Waals surface area (Å²) in [7, 11) is 1.61. The second-order valence-corrected chi connectivity index (χ2v) is 5.36. The summed E-state index contributed by atoms with van der Waals surface area (Å²) in [5.74, 6) is 1.20. The number of rotatable bonds is 4. The average Bonchev–Trinajstić information content (AvgIpc) is 2.57. The van der Waals surface area contributed by atoms with Gasteiger partial charge in [-0.2, -0.15) is 0 Å². The van der Waals surface area contributed by atoms with E-state index in [1.807, 2.05) is 24.3 Å². The van der Waals surface area contributed by atoms with E-state index in [1.54, 1.807) is 30.2 Å². The van der Waals surface area contributed by atoms with Crippen LogP contribution in [0.5, 0.6) is 11.5 Å². The van der Waals surface area contributed by atoms with Crippen LogP contribution in [0.1, 0.15) is 22.8 Å². The number of carbonyl (C=O) groups excluding carboxylic acids is 2. The van der Waals surface area contributed by atoms with Gasteiger partial charge in [0.05, 0.1) is 19.3 Å². The molecular weight excluding hydrogens is 294 g/mol. The number of ether oxygens (including phenoxy) is 2. The van der Waals surface area contributed by atoms with E-state index in [1.165, 1.54) is 6.92 Å². The first-order chi connectivity index (χ1) is 11.1. The molecule has 1 aliphatic rings. The molecule has 118 valence electrons. The largest absolute Gasteiger partial charge is 0.497 e. The molecule has 0 aromatic heterocycles. The molecule has 1 heterocycles. The Morgan fingerprint density at radius 1 is 1.22 bits per heavy atom. The van der Waals surface area contributed by atoms with Gasteiger partial charge in [-0.15, -0.1) is 0 Å². The predicted octanol–water partition coefficient (Wildman–Crippen LogP) is 2.82. The second kappa shape index (κ2) is 6.12. The maximum absolute atomic E-state index is 12.3. The molecule has 0 N–H and O–H groups in total. The molecule has 0 atom stereocenters. The second-order valence-electron chi connectivity index (χ2n) is 5.36. The van der Waals surface area contributed by atoms with Crippen molar-refractivity contribution in [3.8, 4) is 11.5 Å². The van der Waals surface area contributed by atoms with E-state index in [-0.39, 0.29) is 18.3 Å². The molecule has 3 rings (SSSR count). The maximum atomic E-state index is 12.3. The number of methoxy groups -OCH3 is 1. The molecule has 0 bridgehead atoms. The van der Waals surface area contributed by atoms with Crippen molar-refractivity contribution in [2.75, 3.05) is 18.6 Å². The summed E-state index contributed by atoms with van der Waals surface area (Å²) in [4.78, 5) is 25.5. The summed E-state index contributed by atoms with van der Waals surface area (Å²) in [6.07, 6.45) is 0. The normalized spacial score (nSPS) is 13.3. The molecule has 0 aliphatic carbocycles. The Bertz CT molecular complexity index is 752. The molecule has 5 nitrogen and oxygen atoms in total. The molecule has 5 heteroatoms. The Hall–Kier alpha value is -2.82. The zero-order valence-electron chi connectivity index (χ0n) is 13.0. The first-order valence-corrected chi connectivity index (χ1v) is 7.29. The molecule has 2 aromatic rings. The highest BCUT2D eigenvalue weighted by Crippen LogP contribution is 2.34. The van der Waals surface area contributed by atoms with E-state index in [0.29, 0.717) is 23.5 Å². The van der Waals surface area contributed by atoms with E-state index < -0.39 is 0 Å². The quantitative estimate of drug-likeness (QED) is 0.815. The van der Waals surface area contributed by atoms with Gasteiger partial charge in [-0.05, 0) is 42.8 Å². The van der Waals surface area contributed by atoms with Crippen LogP contribution in [0.4, 0.5) is 5.69 Å². The van der Waals surface area contributed by atoms with Crippen molar-refractivity contribution in [2.45, 2.75) is 13.5 Å². The van der Waals surface area contributed by atoms with Crippen LogP contribution in [0.25, 0.3) is 0 Å². The Morgan fingerprint density at radius 2 is 1.96 bits per heavy atom. The number of carbonyl (C=O) groups is 2. The van der Waals surface area contributed by atoms with Gasteiger partial charge in [-0.1, -0.05) is 12.1 Å². The molecule has 0 unspecified atom stereocenters. The van der Waals surface area contributed by atoms with Crippen molar-refractivity contribution >= 4 is 17.4 Å². The van der Waals surface area contributed by atoms with Gasteiger partial charge in [0.1, 0.15) is 11.5 Å². The van der Waals surface area contributed by atoms with Crippen LogP contribution < -0.4 is 14.4 Å². The fraction of sp³-hybridized carbons (Fsp3) is 0.222. The van der Waals surface area contributed by atoms with Crippen LogP contribution in [0.2, 0.25) is 0 Å². The van der Waals surface area contributed by atoms with Crippen LogP contribution in [0, 0.1) is 0 Å². The lowest BCUT2D eigenvalue weighted by Gasteiger charge is -2.29. The van der Waals surface area contributed by atoms with Gasteiger partial charge in [0.2, 0.25) is 0 Å². The molecule has 2 aromatic carbocycles. The highest BCUT2D eigenvalue weighted by Gasteiger charge is 2.26. The topological polar surface area (TPSA) is 55.8 Å². The summed E-state index contributed by atoms with van der Waals surface area (Å²) in [6.45, 7) is 1.92. The van der Waals surface area contributed by atoms with Gasteiger partial charge in [-0.25, -0.2) is 0 Å². The summed E-state index contributed by atoms with van der Waals surface area (Å²) in [6, 6.07) is 12.7. The molecule has 1 aliphatic heterocycles. The van der Waals surface area contributed by atoms with Crippen LogP contribution in [-0.2, 0) is 11.3 Å². The summed E-state index contributed by atoms with van der Waals surface area (Å²) in [5.41, 5.74) is 2.16. The number of hydrogen-bond acceptors (Lipinski definition) is 4. The number of nitrogens with zero attached hydrogens (tertiary/aromatic N) is 1. The highest BCUT2D eigenvalue weighted by atomic mass is 16.5. The number of ketones is 1. The monoisotopic (exact) mass is 311 g/mol. The number of fused-ring (bicyclic) bond motifs is 1. The minimum absolute atomic E-state index is 0.00255. The lowest BCUT2D eigenvalue weighted by atomic mass is 10.1. The van der Waals surface area contributed by atoms with E-state index in [0.717, 1.165) is 11.3 Å². The number of benzene rings is 2. The fourth-order valence-electron chi connectivity index (χ4n) is 2.51. The Kier molecular flexibility index (Phi) is 4.02. The van der Waals surface area contributed by atoms with Gasteiger partial charge < -0.3 is 14.4 Å². The third-order valence-corrected chi connectivity index (χ3v) is 3.81. The van der Waals surface area contributed by atoms with Crippen LogP contribution >= 0.6 is 0 Å². The van der Waals surface area contributed by atoms with Crippen molar-refractivity contribution in [3.05, 3.63) is 53.6 Å². The van der Waals surface area contributed by atoms with E-state index >= 15 is 0 Å². The zero-order valence-corrected chi connectivity index (χ0v) is 13.0. The molecule has 0 saturated heterocycles. The lowest BCUT2D eigenvalue weighted by Crippen LogP contribution is -2.38. The van der Waals surface area contributed by atoms with Crippen molar-refractivity contribution in [1.29, 1.82) is 0 Å². The molecular formula is C18H17NO4. The standard InChI is InChI=1S/C18H17NO4/c1-12(20)14-5-8-17-16(9-14)19(18(21)11-23-17)10-13-3-6-15(22-2)7-4-13/h3-9H,10-11H2,1-2H3. The average molecular weight is 311 g/mol. The Morgan fingerprint density at radius 3 is 2.61 bits per heavy atom. The molecule has 0 spiro atoms. The number of Topliss-reactive ketones (excluding diaryl/α,β-unsaturated/α-hetero) is 1. The maximum Gasteiger partial charge on any atom is 0.265 e. The number of hydrogen-bond donors (Lipinski definition) is 0. The van der Waals surface area contributed by atoms with Crippen LogP contribution in [0.3, 0.4) is 0 Å². The van der Waals surface area contributed by atoms with Crippen molar-refractivity contribution in [1.82, 2.24) is 0 Å². The highest BCUT2D eigenvalue weighted by molar-refractivity contribution is 6.01. The molecule has 0 saturated carbocycles. The predicted molar refractivity (Wildman–Crippen MR) is 86.1 cm³/mol. The van der Waals surface area contributed by atoms with Gasteiger partial charge >= 0.3 is 0 Å². The molecule has 0 radical (unpaired) electrons. The van der Waals surface area contributed by atoms with Gasteiger partial charge in [0.15, 0.2) is 12.4 Å². The van der Waals surface area contributed by atoms with Crippen LogP contribution in [-0.4, -0.2) is 25.4 Å². The lowest BCUT2D eigenvalue weighted by molar-refractivity contribution is -0.121. The Balaban J connectivity index is 1.93. The summed E-state index contributed by atoms with van der Waals surface area (Å²) < 4.78 is 10.6. The van der Waals surface area contributed by atoms with Gasteiger partial charge in [0.25, 0.3) is 5.91 Å². The van der Waals surface area contributed by atoms with E-state index in [9.17, 15) is 9.59 Å². The third kappa shape index (κ3) is 3.04. The molecule has 0 fully saturated rings. The smallest absolute Gasteiger partial charge is 0.265 e. The number of amides is 1. The minimum Gasteiger partial charge on any atom is -0.497 e. The minimum atomic E-state index is -0.131. The Labute approximate surface area is 134 Å². The first kappa shape index (κ1) is 15.1. The SMILES string of the molecule is COc1ccc(CN2C(=O)COc3ccc(C(C)=O)cc32)cc1. The number of anilines is 1. The van der Waals surface area contributed by atoms with Crippen molar-refractivity contribution in [2.24, 2.45) is 0 Å². The summed E-state index contributed by atoms with van der Waals surface area (Å²) in [5, 5.41) is 0. The zero-order chi connectivity index (χ0) is 16.4. The van der Waals surface area contributed by atoms with Gasteiger partial charge in [0, 0.05) is 5.56 Å². The third-order valence-electron chi connectivity index (χ3n) is 3.81. The van der Waals surface area contributed by atoms with Crippen molar-refractivity contribution < 1.29 is 19.1 Å². The molecule has 23 heavy (non-hydrogen) atoms. The van der Waals surface area contributed by atoms with Crippen molar-refractivity contribution in [3.63, 3.8) is 0 Å². The fourth-order valence-corrected chi connectivity index (χ4v) is 2.51. The first-order valence-electron chi connectivity index (χ1n) is 7.29. The van der Waals surface area contributed by atoms with Gasteiger partial charge in [-0.3, -0.25) is 9.59 Å². The van der Waals surface area contributed by atoms with E-state index in [4.69, 9.17) is 9.47 Å². The van der Waals surface area contributed by atoms with Crippen LogP contribution in [0.15, 0.2) is 42.5 Å². The summed E-state index contributed by atoms with van der Waals surface area (Å²) >= 11 is 0.